The van der Waals surface area contributed by atoms with Crippen molar-refractivity contribution < 1.29 is 13.2 Å². The van der Waals surface area contributed by atoms with Crippen LogP contribution in [-0.4, -0.2) is 53.8 Å². The Morgan fingerprint density at radius 3 is 2.48 bits per heavy atom. The highest BCUT2D eigenvalue weighted by Gasteiger charge is 2.31. The maximum Gasteiger partial charge on any atom is 0.271 e. The Morgan fingerprint density at radius 1 is 1.11 bits per heavy atom. The lowest BCUT2D eigenvalue weighted by Gasteiger charge is -2.33. The maximum atomic E-state index is 12.9. The van der Waals surface area contributed by atoms with Crippen LogP contribution in [0.1, 0.15) is 46.0 Å². The fourth-order valence-electron chi connectivity index (χ4n) is 3.91. The molecule has 27 heavy (non-hydrogen) atoms. The van der Waals surface area contributed by atoms with Gasteiger partial charge in [0.15, 0.2) is 0 Å². The second-order valence-corrected chi connectivity index (χ2v) is 9.73. The molecular weight excluding hydrogens is 366 g/mol. The average Bonchev–Trinajstić information content (AvgIpc) is 2.64. The van der Waals surface area contributed by atoms with Crippen molar-refractivity contribution in [3.8, 4) is 0 Å². The van der Waals surface area contributed by atoms with Crippen LogP contribution in [0.4, 0.5) is 0 Å². The largest absolute Gasteiger partial charge is 0.338 e. The number of carbonyl (C=O) groups excluding carboxylic acids is 1. The summed E-state index contributed by atoms with van der Waals surface area (Å²) in [6, 6.07) is 3.04. The normalized spacial score (nSPS) is 22.7. The van der Waals surface area contributed by atoms with Gasteiger partial charge in [-0.15, -0.1) is 0 Å². The Labute approximate surface area is 161 Å². The number of nitrogens with zero attached hydrogens (tertiary/aromatic N) is 3. The highest BCUT2D eigenvalue weighted by molar-refractivity contribution is 7.89. The highest BCUT2D eigenvalue weighted by atomic mass is 32.2. The minimum Gasteiger partial charge on any atom is -0.338 e. The molecule has 2 saturated heterocycles. The molecule has 1 amide bonds. The van der Waals surface area contributed by atoms with Crippen LogP contribution < -0.4 is 5.56 Å². The zero-order valence-corrected chi connectivity index (χ0v) is 17.0. The van der Waals surface area contributed by atoms with Gasteiger partial charge in [0.2, 0.25) is 15.9 Å². The zero-order chi connectivity index (χ0) is 19.6. The standard InChI is InChI=1S/C19H29N3O4S/c1-15-8-12-21(13-9-15)27(25,26)17-7-5-10-20(19(17)24)14-18(23)22-11-4-3-6-16(22)2/h5,7,10,15-16H,3-4,6,8-9,11-14H2,1-2H3. The predicted octanol–water partition coefficient (Wildman–Crippen LogP) is 1.67. The first-order valence-electron chi connectivity index (χ1n) is 9.80. The first-order chi connectivity index (χ1) is 12.8. The van der Waals surface area contributed by atoms with E-state index in [0.29, 0.717) is 25.6 Å². The van der Waals surface area contributed by atoms with E-state index >= 15 is 0 Å². The Bertz CT molecular complexity index is 841. The summed E-state index contributed by atoms with van der Waals surface area (Å²) in [6.45, 7) is 5.55. The maximum absolute atomic E-state index is 12.9. The number of amides is 1. The molecule has 7 nitrogen and oxygen atoms in total. The van der Waals surface area contributed by atoms with Gasteiger partial charge in [0.1, 0.15) is 11.4 Å². The Hall–Kier alpha value is -1.67. The van der Waals surface area contributed by atoms with E-state index in [1.165, 1.54) is 27.2 Å². The molecular formula is C19H29N3O4S. The smallest absolute Gasteiger partial charge is 0.271 e. The summed E-state index contributed by atoms with van der Waals surface area (Å²) in [7, 11) is -3.83. The highest BCUT2D eigenvalue weighted by Crippen LogP contribution is 2.22. The van der Waals surface area contributed by atoms with Crippen molar-refractivity contribution in [1.82, 2.24) is 13.8 Å². The summed E-state index contributed by atoms with van der Waals surface area (Å²) in [5, 5.41) is 0. The molecule has 0 aliphatic carbocycles. The second-order valence-electron chi connectivity index (χ2n) is 7.82. The summed E-state index contributed by atoms with van der Waals surface area (Å²) in [5.74, 6) is 0.360. The molecule has 1 aromatic rings. The number of hydrogen-bond donors (Lipinski definition) is 0. The molecule has 2 aliphatic heterocycles. The Morgan fingerprint density at radius 2 is 1.81 bits per heavy atom. The van der Waals surface area contributed by atoms with E-state index in [-0.39, 0.29) is 23.4 Å². The van der Waals surface area contributed by atoms with E-state index < -0.39 is 15.6 Å². The molecule has 0 N–H and O–H groups in total. The second kappa shape index (κ2) is 8.14. The number of piperidine rings is 2. The fraction of sp³-hybridized carbons (Fsp3) is 0.684. The van der Waals surface area contributed by atoms with Gasteiger partial charge < -0.3 is 9.47 Å². The number of carbonyl (C=O) groups is 1. The molecule has 1 unspecified atom stereocenters. The molecule has 0 bridgehead atoms. The van der Waals surface area contributed by atoms with Crippen molar-refractivity contribution in [2.75, 3.05) is 19.6 Å². The monoisotopic (exact) mass is 395 g/mol. The van der Waals surface area contributed by atoms with Gasteiger partial charge in [0, 0.05) is 31.9 Å². The number of likely N-dealkylation sites (tertiary alicyclic amines) is 1. The minimum absolute atomic E-state index is 0.121. The molecule has 0 saturated carbocycles. The molecule has 3 rings (SSSR count). The molecule has 0 spiro atoms. The van der Waals surface area contributed by atoms with Crippen molar-refractivity contribution in [3.05, 3.63) is 28.7 Å². The number of rotatable bonds is 4. The van der Waals surface area contributed by atoms with Crippen LogP contribution in [0.5, 0.6) is 0 Å². The van der Waals surface area contributed by atoms with Gasteiger partial charge in [-0.25, -0.2) is 8.42 Å². The first-order valence-corrected chi connectivity index (χ1v) is 11.2. The average molecular weight is 396 g/mol. The summed E-state index contributed by atoms with van der Waals surface area (Å²) in [4.78, 5) is 27.0. The molecule has 8 heteroatoms. The van der Waals surface area contributed by atoms with E-state index in [1.54, 1.807) is 4.90 Å². The van der Waals surface area contributed by atoms with Gasteiger partial charge in [0.05, 0.1) is 0 Å². The van der Waals surface area contributed by atoms with E-state index in [1.807, 2.05) is 6.92 Å². The molecule has 2 fully saturated rings. The number of pyridine rings is 1. The first kappa shape index (κ1) is 20.1. The third-order valence-corrected chi connectivity index (χ3v) is 7.69. The number of sulfonamides is 1. The Balaban J connectivity index is 1.81. The minimum atomic E-state index is -3.83. The van der Waals surface area contributed by atoms with Crippen LogP contribution in [0.25, 0.3) is 0 Å². The summed E-state index contributed by atoms with van der Waals surface area (Å²) in [5.41, 5.74) is -0.617. The summed E-state index contributed by atoms with van der Waals surface area (Å²) in [6.07, 6.45) is 6.12. The summed E-state index contributed by atoms with van der Waals surface area (Å²) < 4.78 is 28.5. The van der Waals surface area contributed by atoms with Crippen LogP contribution in [-0.2, 0) is 21.4 Å². The molecule has 0 radical (unpaired) electrons. The van der Waals surface area contributed by atoms with Crippen molar-refractivity contribution in [1.29, 1.82) is 0 Å². The van der Waals surface area contributed by atoms with E-state index in [2.05, 4.69) is 6.92 Å². The van der Waals surface area contributed by atoms with Gasteiger partial charge in [-0.05, 0) is 57.1 Å². The third kappa shape index (κ3) is 4.27. The third-order valence-electron chi connectivity index (χ3n) is 5.77. The molecule has 1 atom stereocenters. The van der Waals surface area contributed by atoms with Crippen LogP contribution in [0.3, 0.4) is 0 Å². The van der Waals surface area contributed by atoms with Crippen molar-refractivity contribution in [2.24, 2.45) is 5.92 Å². The molecule has 2 aliphatic rings. The van der Waals surface area contributed by atoms with Crippen LogP contribution in [0.2, 0.25) is 0 Å². The lowest BCUT2D eigenvalue weighted by Crippen LogP contribution is -2.45. The quantitative estimate of drug-likeness (QED) is 0.777. The number of aromatic nitrogens is 1. The number of hydrogen-bond acceptors (Lipinski definition) is 4. The summed E-state index contributed by atoms with van der Waals surface area (Å²) >= 11 is 0. The van der Waals surface area contributed by atoms with Gasteiger partial charge in [-0.3, -0.25) is 9.59 Å². The fourth-order valence-corrected chi connectivity index (χ4v) is 5.46. The van der Waals surface area contributed by atoms with Gasteiger partial charge in [-0.2, -0.15) is 4.31 Å². The lowest BCUT2D eigenvalue weighted by molar-refractivity contribution is -0.135. The van der Waals surface area contributed by atoms with Crippen LogP contribution in [0.15, 0.2) is 28.0 Å². The molecule has 1 aromatic heterocycles. The lowest BCUT2D eigenvalue weighted by atomic mass is 10.0. The van der Waals surface area contributed by atoms with Crippen LogP contribution in [0, 0.1) is 5.92 Å². The molecule has 150 valence electrons. The zero-order valence-electron chi connectivity index (χ0n) is 16.1. The van der Waals surface area contributed by atoms with Crippen molar-refractivity contribution in [2.45, 2.75) is 63.4 Å². The van der Waals surface area contributed by atoms with E-state index in [9.17, 15) is 18.0 Å². The van der Waals surface area contributed by atoms with E-state index in [4.69, 9.17) is 0 Å². The molecule has 3 heterocycles. The SMILES string of the molecule is CC1CCN(S(=O)(=O)c2cccn(CC(=O)N3CCCCC3C)c2=O)CC1. The van der Waals surface area contributed by atoms with Crippen LogP contribution >= 0.6 is 0 Å². The van der Waals surface area contributed by atoms with Crippen molar-refractivity contribution in [3.63, 3.8) is 0 Å². The van der Waals surface area contributed by atoms with Gasteiger partial charge >= 0.3 is 0 Å². The van der Waals surface area contributed by atoms with E-state index in [0.717, 1.165) is 32.1 Å². The Kier molecular flexibility index (Phi) is 6.05. The predicted molar refractivity (Wildman–Crippen MR) is 103 cm³/mol. The van der Waals surface area contributed by atoms with Gasteiger partial charge in [0.25, 0.3) is 5.56 Å². The van der Waals surface area contributed by atoms with Gasteiger partial charge in [-0.1, -0.05) is 6.92 Å². The van der Waals surface area contributed by atoms with Crippen molar-refractivity contribution >= 4 is 15.9 Å². The topological polar surface area (TPSA) is 79.7 Å². The molecule has 0 aromatic carbocycles.